The van der Waals surface area contributed by atoms with E-state index in [1.54, 1.807) is 35.0 Å². The van der Waals surface area contributed by atoms with Gasteiger partial charge in [0.25, 0.3) is 0 Å². The molecular weight excluding hydrogens is 323 g/mol. The number of hydrogen-bond donors (Lipinski definition) is 1. The van der Waals surface area contributed by atoms with Crippen LogP contribution in [-0.2, 0) is 7.05 Å². The molecule has 0 bridgehead atoms. The number of para-hydroxylation sites is 1. The van der Waals surface area contributed by atoms with E-state index in [9.17, 15) is 4.79 Å². The monoisotopic (exact) mass is 334 g/mol. The third-order valence-electron chi connectivity index (χ3n) is 3.32. The molecule has 0 aliphatic carbocycles. The molecule has 7 heteroatoms. The number of Topliss-reactive ketones (excluding diaryl/α,β-unsaturated/α-hetero) is 1. The van der Waals surface area contributed by atoms with Crippen LogP contribution >= 0.6 is 23.2 Å². The summed E-state index contributed by atoms with van der Waals surface area (Å²) in [4.78, 5) is 20.2. The van der Waals surface area contributed by atoms with Gasteiger partial charge in [-0.1, -0.05) is 29.3 Å². The van der Waals surface area contributed by atoms with E-state index in [4.69, 9.17) is 23.2 Å². The standard InChI is InChI=1S/C15H12Cl2N4O/c1-8(22)9-6-12-14(18-7-9)21(2)15(19-12)20-13-10(16)4-3-5-11(13)17/h3-7H,1-2H3,(H,19,20). The van der Waals surface area contributed by atoms with Gasteiger partial charge in [0.2, 0.25) is 5.95 Å². The zero-order chi connectivity index (χ0) is 15.9. The van der Waals surface area contributed by atoms with Crippen molar-refractivity contribution in [2.24, 2.45) is 7.05 Å². The minimum atomic E-state index is -0.0521. The lowest BCUT2D eigenvalue weighted by molar-refractivity contribution is 0.101. The van der Waals surface area contributed by atoms with Gasteiger partial charge in [-0.2, -0.15) is 0 Å². The SMILES string of the molecule is CC(=O)c1cnc2c(c1)nc(Nc1c(Cl)cccc1Cl)n2C. The number of carbonyl (C=O) groups is 1. The minimum absolute atomic E-state index is 0.0521. The smallest absolute Gasteiger partial charge is 0.209 e. The van der Waals surface area contributed by atoms with Crippen molar-refractivity contribution in [2.75, 3.05) is 5.32 Å². The van der Waals surface area contributed by atoms with Gasteiger partial charge in [-0.25, -0.2) is 9.97 Å². The molecular formula is C15H12Cl2N4O. The number of hydrogen-bond acceptors (Lipinski definition) is 4. The van der Waals surface area contributed by atoms with Crippen LogP contribution in [0.5, 0.6) is 0 Å². The average molecular weight is 335 g/mol. The lowest BCUT2D eigenvalue weighted by atomic mass is 10.2. The van der Waals surface area contributed by atoms with Crippen molar-refractivity contribution in [1.82, 2.24) is 14.5 Å². The predicted octanol–water partition coefficient (Wildman–Crippen LogP) is 4.22. The van der Waals surface area contributed by atoms with E-state index in [2.05, 4.69) is 15.3 Å². The molecule has 1 aromatic carbocycles. The molecule has 0 atom stereocenters. The maximum absolute atomic E-state index is 11.4. The summed E-state index contributed by atoms with van der Waals surface area (Å²) >= 11 is 12.3. The fourth-order valence-electron chi connectivity index (χ4n) is 2.11. The normalized spacial score (nSPS) is 10.9. The van der Waals surface area contributed by atoms with E-state index in [0.29, 0.717) is 38.4 Å². The van der Waals surface area contributed by atoms with Gasteiger partial charge in [0.15, 0.2) is 11.4 Å². The number of imidazole rings is 1. The van der Waals surface area contributed by atoms with Crippen LogP contribution in [0.2, 0.25) is 10.0 Å². The molecule has 3 aromatic rings. The molecule has 112 valence electrons. The van der Waals surface area contributed by atoms with Crippen LogP contribution in [0.15, 0.2) is 30.5 Å². The first kappa shape index (κ1) is 14.8. The molecule has 0 radical (unpaired) electrons. The van der Waals surface area contributed by atoms with Gasteiger partial charge in [0.1, 0.15) is 5.52 Å². The number of carbonyl (C=O) groups excluding carboxylic acids is 1. The summed E-state index contributed by atoms with van der Waals surface area (Å²) in [6, 6.07) is 6.96. The third-order valence-corrected chi connectivity index (χ3v) is 3.95. The van der Waals surface area contributed by atoms with Gasteiger partial charge in [-0.3, -0.25) is 9.36 Å². The maximum Gasteiger partial charge on any atom is 0.209 e. The first-order chi connectivity index (χ1) is 10.5. The van der Waals surface area contributed by atoms with Crippen LogP contribution in [0.25, 0.3) is 11.2 Å². The van der Waals surface area contributed by atoms with Crippen molar-refractivity contribution in [2.45, 2.75) is 6.92 Å². The molecule has 3 rings (SSSR count). The Balaban J connectivity index is 2.08. The van der Waals surface area contributed by atoms with Crippen molar-refractivity contribution in [3.05, 3.63) is 46.1 Å². The predicted molar refractivity (Wildman–Crippen MR) is 88.3 cm³/mol. The molecule has 0 spiro atoms. The van der Waals surface area contributed by atoms with Gasteiger partial charge in [0.05, 0.1) is 15.7 Å². The summed E-state index contributed by atoms with van der Waals surface area (Å²) < 4.78 is 1.78. The van der Waals surface area contributed by atoms with Crippen LogP contribution in [-0.4, -0.2) is 20.3 Å². The Hall–Kier alpha value is -2.11. The van der Waals surface area contributed by atoms with E-state index in [0.717, 1.165) is 0 Å². The summed E-state index contributed by atoms with van der Waals surface area (Å²) in [6.45, 7) is 1.49. The molecule has 22 heavy (non-hydrogen) atoms. The van der Waals surface area contributed by atoms with Crippen molar-refractivity contribution in [3.63, 3.8) is 0 Å². The fraction of sp³-hybridized carbons (Fsp3) is 0.133. The molecule has 0 saturated carbocycles. The Kier molecular flexibility index (Phi) is 3.76. The topological polar surface area (TPSA) is 59.8 Å². The second kappa shape index (κ2) is 5.59. The Bertz CT molecular complexity index is 868. The lowest BCUT2D eigenvalue weighted by Crippen LogP contribution is -2.00. The average Bonchev–Trinajstić information content (AvgIpc) is 2.79. The lowest BCUT2D eigenvalue weighted by Gasteiger charge is -2.09. The van der Waals surface area contributed by atoms with E-state index < -0.39 is 0 Å². The van der Waals surface area contributed by atoms with Crippen LogP contribution in [0.1, 0.15) is 17.3 Å². The van der Waals surface area contributed by atoms with Gasteiger partial charge in [-0.05, 0) is 25.1 Å². The number of rotatable bonds is 3. The Morgan fingerprint density at radius 2 is 1.95 bits per heavy atom. The number of ketones is 1. The van der Waals surface area contributed by atoms with Crippen LogP contribution in [0, 0.1) is 0 Å². The summed E-state index contributed by atoms with van der Waals surface area (Å²) in [7, 11) is 1.82. The quantitative estimate of drug-likeness (QED) is 0.728. The van der Waals surface area contributed by atoms with Gasteiger partial charge in [-0.15, -0.1) is 0 Å². The highest BCUT2D eigenvalue weighted by molar-refractivity contribution is 6.39. The number of nitrogens with zero attached hydrogens (tertiary/aromatic N) is 3. The van der Waals surface area contributed by atoms with Gasteiger partial charge in [0, 0.05) is 18.8 Å². The number of benzene rings is 1. The first-order valence-electron chi connectivity index (χ1n) is 6.52. The van der Waals surface area contributed by atoms with Gasteiger partial charge >= 0.3 is 0 Å². The number of aryl methyl sites for hydroxylation is 1. The second-order valence-corrected chi connectivity index (χ2v) is 5.65. The molecule has 0 amide bonds. The van der Waals surface area contributed by atoms with E-state index in [-0.39, 0.29) is 5.78 Å². The molecule has 1 N–H and O–H groups in total. The zero-order valence-electron chi connectivity index (χ0n) is 11.9. The molecule has 0 aliphatic heterocycles. The van der Waals surface area contributed by atoms with E-state index in [1.165, 1.54) is 6.92 Å². The molecule has 0 fully saturated rings. The number of fused-ring (bicyclic) bond motifs is 1. The Morgan fingerprint density at radius 1 is 1.27 bits per heavy atom. The molecule has 5 nitrogen and oxygen atoms in total. The van der Waals surface area contributed by atoms with Gasteiger partial charge < -0.3 is 5.32 Å². The first-order valence-corrected chi connectivity index (χ1v) is 7.27. The summed E-state index contributed by atoms with van der Waals surface area (Å²) in [5, 5.41) is 4.10. The second-order valence-electron chi connectivity index (χ2n) is 4.84. The highest BCUT2D eigenvalue weighted by Gasteiger charge is 2.13. The number of aromatic nitrogens is 3. The molecule has 0 unspecified atom stereocenters. The van der Waals surface area contributed by atoms with Crippen molar-refractivity contribution in [1.29, 1.82) is 0 Å². The number of halogens is 2. The number of nitrogens with one attached hydrogen (secondary N) is 1. The largest absolute Gasteiger partial charge is 0.323 e. The maximum atomic E-state index is 11.4. The third kappa shape index (κ3) is 2.53. The molecule has 0 aliphatic rings. The minimum Gasteiger partial charge on any atom is -0.323 e. The molecule has 0 saturated heterocycles. The molecule has 2 aromatic heterocycles. The summed E-state index contributed by atoms with van der Waals surface area (Å²) in [5.41, 5.74) is 2.39. The van der Waals surface area contributed by atoms with E-state index in [1.807, 2.05) is 7.05 Å². The highest BCUT2D eigenvalue weighted by atomic mass is 35.5. The van der Waals surface area contributed by atoms with Crippen molar-refractivity contribution >= 4 is 51.8 Å². The van der Waals surface area contributed by atoms with Crippen molar-refractivity contribution in [3.8, 4) is 0 Å². The number of anilines is 2. The van der Waals surface area contributed by atoms with Crippen LogP contribution < -0.4 is 5.32 Å². The number of pyridine rings is 1. The Labute approximate surface area is 136 Å². The zero-order valence-corrected chi connectivity index (χ0v) is 13.4. The Morgan fingerprint density at radius 3 is 2.59 bits per heavy atom. The van der Waals surface area contributed by atoms with Crippen molar-refractivity contribution < 1.29 is 4.79 Å². The van der Waals surface area contributed by atoms with E-state index >= 15 is 0 Å². The summed E-state index contributed by atoms with van der Waals surface area (Å²) in [5.74, 6) is 0.488. The fourth-order valence-corrected chi connectivity index (χ4v) is 2.60. The van der Waals surface area contributed by atoms with Crippen LogP contribution in [0.4, 0.5) is 11.6 Å². The molecule has 2 heterocycles. The highest BCUT2D eigenvalue weighted by Crippen LogP contribution is 2.32. The summed E-state index contributed by atoms with van der Waals surface area (Å²) in [6.07, 6.45) is 1.54. The van der Waals surface area contributed by atoms with Crippen LogP contribution in [0.3, 0.4) is 0 Å².